The van der Waals surface area contributed by atoms with Gasteiger partial charge in [-0.15, -0.1) is 0 Å². The molecule has 5 nitrogen and oxygen atoms in total. The Balaban J connectivity index is 2.26. The summed E-state index contributed by atoms with van der Waals surface area (Å²) in [6.07, 6.45) is 3.84. The zero-order valence-electron chi connectivity index (χ0n) is 12.7. The SMILES string of the molecule is COC=CC(=O)On1cccc1C(=O)c1cc(C)cc(C)c1. The molecule has 1 aromatic carbocycles. The molecule has 1 heterocycles. The third-order valence-corrected chi connectivity index (χ3v) is 2.96. The van der Waals surface area contributed by atoms with Gasteiger partial charge in [0.15, 0.2) is 0 Å². The lowest BCUT2D eigenvalue weighted by atomic mass is 10.0. The summed E-state index contributed by atoms with van der Waals surface area (Å²) in [5, 5.41) is 0. The summed E-state index contributed by atoms with van der Waals surface area (Å²) in [6, 6.07) is 8.85. The Morgan fingerprint density at radius 2 is 1.82 bits per heavy atom. The van der Waals surface area contributed by atoms with Crippen LogP contribution in [0.1, 0.15) is 27.2 Å². The molecular weight excluding hydrogens is 282 g/mol. The van der Waals surface area contributed by atoms with E-state index in [1.807, 2.05) is 19.9 Å². The first-order chi connectivity index (χ1) is 10.5. The number of hydrogen-bond acceptors (Lipinski definition) is 4. The Morgan fingerprint density at radius 1 is 1.14 bits per heavy atom. The molecule has 0 aliphatic rings. The second-order valence-corrected chi connectivity index (χ2v) is 4.87. The summed E-state index contributed by atoms with van der Waals surface area (Å²) in [7, 11) is 1.43. The lowest BCUT2D eigenvalue weighted by molar-refractivity contribution is -0.138. The number of ketones is 1. The van der Waals surface area contributed by atoms with Crippen molar-refractivity contribution in [2.75, 3.05) is 7.11 Å². The van der Waals surface area contributed by atoms with E-state index in [0.29, 0.717) is 5.56 Å². The number of rotatable bonds is 5. The molecule has 0 atom stereocenters. The van der Waals surface area contributed by atoms with Crippen molar-refractivity contribution < 1.29 is 19.2 Å². The second kappa shape index (κ2) is 6.76. The molecule has 0 saturated heterocycles. The number of aromatic nitrogens is 1. The first-order valence-electron chi connectivity index (χ1n) is 6.73. The first-order valence-corrected chi connectivity index (χ1v) is 6.73. The Bertz CT molecular complexity index is 708. The highest BCUT2D eigenvalue weighted by Gasteiger charge is 2.16. The predicted molar refractivity (Wildman–Crippen MR) is 81.5 cm³/mol. The molecular formula is C17H17NO4. The van der Waals surface area contributed by atoms with Crippen molar-refractivity contribution in [1.82, 2.24) is 4.73 Å². The predicted octanol–water partition coefficient (Wildman–Crippen LogP) is 2.45. The van der Waals surface area contributed by atoms with Gasteiger partial charge < -0.3 is 9.57 Å². The molecule has 114 valence electrons. The maximum absolute atomic E-state index is 12.6. The molecule has 2 aromatic rings. The van der Waals surface area contributed by atoms with Crippen molar-refractivity contribution in [1.29, 1.82) is 0 Å². The van der Waals surface area contributed by atoms with Gasteiger partial charge in [0.05, 0.1) is 19.4 Å². The van der Waals surface area contributed by atoms with Gasteiger partial charge in [0, 0.05) is 11.8 Å². The molecule has 0 aliphatic heterocycles. The molecule has 2 rings (SSSR count). The Hall–Kier alpha value is -2.82. The molecule has 0 amide bonds. The quantitative estimate of drug-likeness (QED) is 0.483. The third kappa shape index (κ3) is 3.63. The van der Waals surface area contributed by atoms with Gasteiger partial charge in [0.1, 0.15) is 5.69 Å². The van der Waals surface area contributed by atoms with Crippen LogP contribution in [0.25, 0.3) is 0 Å². The van der Waals surface area contributed by atoms with Crippen LogP contribution in [-0.2, 0) is 9.53 Å². The average molecular weight is 299 g/mol. The minimum Gasteiger partial charge on any atom is -0.504 e. The first kappa shape index (κ1) is 15.6. The molecule has 0 radical (unpaired) electrons. The van der Waals surface area contributed by atoms with E-state index in [9.17, 15) is 9.59 Å². The van der Waals surface area contributed by atoms with Gasteiger partial charge in [0.25, 0.3) is 0 Å². The van der Waals surface area contributed by atoms with Crippen LogP contribution in [0.15, 0.2) is 48.9 Å². The summed E-state index contributed by atoms with van der Waals surface area (Å²) < 4.78 is 5.80. The number of nitrogens with zero attached hydrogens (tertiary/aromatic N) is 1. The van der Waals surface area contributed by atoms with Gasteiger partial charge in [-0.1, -0.05) is 17.2 Å². The minimum absolute atomic E-state index is 0.208. The van der Waals surface area contributed by atoms with Gasteiger partial charge in [-0.25, -0.2) is 4.79 Å². The van der Waals surface area contributed by atoms with Crippen LogP contribution >= 0.6 is 0 Å². The Kier molecular flexibility index (Phi) is 4.78. The number of hydrogen-bond donors (Lipinski definition) is 0. The lowest BCUT2D eigenvalue weighted by Crippen LogP contribution is -2.21. The van der Waals surface area contributed by atoms with Gasteiger partial charge in [-0.05, 0) is 38.1 Å². The smallest absolute Gasteiger partial charge is 0.359 e. The van der Waals surface area contributed by atoms with Crippen LogP contribution in [0.3, 0.4) is 0 Å². The molecule has 5 heteroatoms. The fraction of sp³-hybridized carbons (Fsp3) is 0.176. The van der Waals surface area contributed by atoms with Crippen LogP contribution in [0.5, 0.6) is 0 Å². The average Bonchev–Trinajstić information content (AvgIpc) is 2.91. The molecule has 0 bridgehead atoms. The summed E-state index contributed by atoms with van der Waals surface area (Å²) in [5.41, 5.74) is 2.84. The van der Waals surface area contributed by atoms with Crippen molar-refractivity contribution in [3.8, 4) is 0 Å². The zero-order chi connectivity index (χ0) is 16.1. The number of aryl methyl sites for hydroxylation is 2. The maximum atomic E-state index is 12.6. The zero-order valence-corrected chi connectivity index (χ0v) is 12.7. The van der Waals surface area contributed by atoms with Crippen LogP contribution in [0.4, 0.5) is 0 Å². The molecule has 22 heavy (non-hydrogen) atoms. The number of carbonyl (C=O) groups is 2. The molecule has 0 unspecified atom stereocenters. The summed E-state index contributed by atoms with van der Waals surface area (Å²) in [6.45, 7) is 3.86. The minimum atomic E-state index is -0.632. The summed E-state index contributed by atoms with van der Waals surface area (Å²) >= 11 is 0. The normalized spacial score (nSPS) is 10.7. The van der Waals surface area contributed by atoms with Crippen LogP contribution in [-0.4, -0.2) is 23.6 Å². The van der Waals surface area contributed by atoms with Crippen molar-refractivity contribution in [3.05, 3.63) is 71.3 Å². The molecule has 0 N–H and O–H groups in total. The largest absolute Gasteiger partial charge is 0.504 e. The maximum Gasteiger partial charge on any atom is 0.359 e. The Labute approximate surface area is 128 Å². The number of benzene rings is 1. The monoisotopic (exact) mass is 299 g/mol. The van der Waals surface area contributed by atoms with E-state index in [4.69, 9.17) is 4.84 Å². The summed E-state index contributed by atoms with van der Waals surface area (Å²) in [5.74, 6) is -0.840. The van der Waals surface area contributed by atoms with E-state index in [-0.39, 0.29) is 11.5 Å². The number of methoxy groups -OCH3 is 1. The molecule has 0 aliphatic carbocycles. The van der Waals surface area contributed by atoms with E-state index in [1.54, 1.807) is 24.3 Å². The van der Waals surface area contributed by atoms with E-state index in [2.05, 4.69) is 4.74 Å². The lowest BCUT2D eigenvalue weighted by Gasteiger charge is -2.08. The van der Waals surface area contributed by atoms with Crippen LogP contribution in [0.2, 0.25) is 0 Å². The number of ether oxygens (including phenoxy) is 1. The topological polar surface area (TPSA) is 57.5 Å². The van der Waals surface area contributed by atoms with Gasteiger partial charge in [-0.3, -0.25) is 4.79 Å². The fourth-order valence-corrected chi connectivity index (χ4v) is 2.13. The fourth-order valence-electron chi connectivity index (χ4n) is 2.13. The molecule has 0 saturated carbocycles. The van der Waals surface area contributed by atoms with E-state index in [0.717, 1.165) is 21.9 Å². The molecule has 1 aromatic heterocycles. The highest BCUT2D eigenvalue weighted by Crippen LogP contribution is 2.14. The van der Waals surface area contributed by atoms with Crippen molar-refractivity contribution >= 4 is 11.8 Å². The van der Waals surface area contributed by atoms with Crippen molar-refractivity contribution in [2.24, 2.45) is 0 Å². The molecule has 0 spiro atoms. The van der Waals surface area contributed by atoms with Gasteiger partial charge in [0.2, 0.25) is 5.78 Å². The van der Waals surface area contributed by atoms with Gasteiger partial charge in [-0.2, -0.15) is 4.73 Å². The second-order valence-electron chi connectivity index (χ2n) is 4.87. The van der Waals surface area contributed by atoms with E-state index >= 15 is 0 Å². The highest BCUT2D eigenvalue weighted by atomic mass is 16.7. The standard InChI is InChI=1S/C17H17NO4/c1-12-9-13(2)11-14(10-12)17(20)15-5-4-7-18(15)22-16(19)6-8-21-3/h4-11H,1-3H3. The van der Waals surface area contributed by atoms with Crippen LogP contribution in [0, 0.1) is 13.8 Å². The van der Waals surface area contributed by atoms with Crippen molar-refractivity contribution in [3.63, 3.8) is 0 Å². The van der Waals surface area contributed by atoms with Crippen molar-refractivity contribution in [2.45, 2.75) is 13.8 Å². The van der Waals surface area contributed by atoms with E-state index < -0.39 is 5.97 Å². The van der Waals surface area contributed by atoms with Gasteiger partial charge >= 0.3 is 5.97 Å². The Morgan fingerprint density at radius 3 is 2.45 bits per heavy atom. The summed E-state index contributed by atoms with van der Waals surface area (Å²) in [4.78, 5) is 29.2. The van der Waals surface area contributed by atoms with Crippen LogP contribution < -0.4 is 4.84 Å². The van der Waals surface area contributed by atoms with E-state index in [1.165, 1.54) is 19.6 Å². The number of carbonyl (C=O) groups excluding carboxylic acids is 2. The third-order valence-electron chi connectivity index (χ3n) is 2.96. The molecule has 0 fully saturated rings. The highest BCUT2D eigenvalue weighted by molar-refractivity contribution is 6.08.